The number of aromatic hydroxyl groups is 1. The zero-order valence-corrected chi connectivity index (χ0v) is 17.1. The molecule has 2 aliphatic heterocycles. The predicted octanol–water partition coefficient (Wildman–Crippen LogP) is 0.286. The maximum Gasteiger partial charge on any atom is 0.229 e. The summed E-state index contributed by atoms with van der Waals surface area (Å²) in [6.07, 6.45) is -7.93. The summed E-state index contributed by atoms with van der Waals surface area (Å²) in [7, 11) is 1.55. The lowest BCUT2D eigenvalue weighted by atomic mass is 9.95. The number of hydrogen-bond acceptors (Lipinski definition) is 10. The number of ketones is 1. The second kappa shape index (κ2) is 8.93. The van der Waals surface area contributed by atoms with Crippen molar-refractivity contribution in [2.24, 2.45) is 0 Å². The minimum absolute atomic E-state index is 0.00578. The van der Waals surface area contributed by atoms with Gasteiger partial charge in [-0.2, -0.15) is 0 Å². The molecule has 4 rings (SSSR count). The first kappa shape index (κ1) is 22.3. The summed E-state index contributed by atoms with van der Waals surface area (Å²) in [6.45, 7) is -0.610. The largest absolute Gasteiger partial charge is 0.507 e. The van der Waals surface area contributed by atoms with Crippen LogP contribution in [-0.4, -0.2) is 75.7 Å². The summed E-state index contributed by atoms with van der Waals surface area (Å²) in [4.78, 5) is 12.7. The van der Waals surface area contributed by atoms with Crippen molar-refractivity contribution < 1.29 is 49.3 Å². The summed E-state index contributed by atoms with van der Waals surface area (Å²) >= 11 is 0. The molecule has 0 saturated carbocycles. The first-order valence-corrected chi connectivity index (χ1v) is 10.0. The lowest BCUT2D eigenvalue weighted by molar-refractivity contribution is -0.277. The number of ether oxygens (including phenoxy) is 4. The molecule has 0 spiro atoms. The number of rotatable bonds is 5. The number of benzene rings is 2. The molecule has 5 N–H and O–H groups in total. The standard InChI is InChI=1S/C22H24O10/c1-29-11-4-2-10(3-5-11)15-8-14(25)18-13(24)6-12(7-16(18)31-15)30-22-21(28)20(27)19(26)17(9-23)32-22/h2-7,15,17,19-24,26-28H,8-9H2,1H3. The molecular weight excluding hydrogens is 424 g/mol. The van der Waals surface area contributed by atoms with Crippen LogP contribution in [0, 0.1) is 0 Å². The van der Waals surface area contributed by atoms with Gasteiger partial charge in [-0.3, -0.25) is 4.79 Å². The van der Waals surface area contributed by atoms with Gasteiger partial charge in [-0.15, -0.1) is 0 Å². The molecule has 0 aromatic heterocycles. The molecule has 0 bridgehead atoms. The highest BCUT2D eigenvalue weighted by atomic mass is 16.7. The Morgan fingerprint density at radius 1 is 1.03 bits per heavy atom. The summed E-state index contributed by atoms with van der Waals surface area (Å²) in [5.74, 6) is 0.0452. The van der Waals surface area contributed by atoms with Gasteiger partial charge in [0.25, 0.3) is 0 Å². The van der Waals surface area contributed by atoms with E-state index in [1.807, 2.05) is 0 Å². The van der Waals surface area contributed by atoms with Crippen LogP contribution >= 0.6 is 0 Å². The Balaban J connectivity index is 1.58. The molecule has 2 aromatic carbocycles. The van der Waals surface area contributed by atoms with Crippen molar-refractivity contribution in [2.75, 3.05) is 13.7 Å². The van der Waals surface area contributed by atoms with E-state index in [0.29, 0.717) is 5.75 Å². The Morgan fingerprint density at radius 3 is 2.41 bits per heavy atom. The summed E-state index contributed by atoms with van der Waals surface area (Å²) < 4.78 is 22.0. The molecule has 1 saturated heterocycles. The van der Waals surface area contributed by atoms with Crippen molar-refractivity contribution in [1.82, 2.24) is 0 Å². The summed E-state index contributed by atoms with van der Waals surface area (Å²) in [6, 6.07) is 9.56. The minimum atomic E-state index is -1.62. The molecule has 2 heterocycles. The van der Waals surface area contributed by atoms with Gasteiger partial charge in [-0.25, -0.2) is 0 Å². The van der Waals surface area contributed by atoms with Crippen LogP contribution in [0.3, 0.4) is 0 Å². The molecule has 0 radical (unpaired) electrons. The van der Waals surface area contributed by atoms with E-state index in [1.54, 1.807) is 31.4 Å². The molecule has 2 aliphatic rings. The highest BCUT2D eigenvalue weighted by Gasteiger charge is 2.45. The number of carbonyl (C=O) groups is 1. The fourth-order valence-electron chi connectivity index (χ4n) is 3.79. The van der Waals surface area contributed by atoms with Gasteiger partial charge in [0.05, 0.1) is 20.1 Å². The molecule has 0 amide bonds. The molecule has 172 valence electrons. The second-order valence-corrected chi connectivity index (χ2v) is 7.64. The van der Waals surface area contributed by atoms with Gasteiger partial charge in [0.1, 0.15) is 59.1 Å². The summed E-state index contributed by atoms with van der Waals surface area (Å²) in [5, 5.41) is 49.7. The molecule has 1 fully saturated rings. The monoisotopic (exact) mass is 448 g/mol. The number of fused-ring (bicyclic) bond motifs is 1. The van der Waals surface area contributed by atoms with Crippen molar-refractivity contribution in [2.45, 2.75) is 43.2 Å². The maximum absolute atomic E-state index is 12.7. The molecule has 10 heteroatoms. The predicted molar refractivity (Wildman–Crippen MR) is 108 cm³/mol. The Labute approximate surface area is 183 Å². The van der Waals surface area contributed by atoms with Crippen molar-refractivity contribution in [3.63, 3.8) is 0 Å². The number of phenolic OH excluding ortho intramolecular Hbond substituents is 1. The molecule has 6 unspecified atom stereocenters. The van der Waals surface area contributed by atoms with E-state index in [1.165, 1.54) is 6.07 Å². The van der Waals surface area contributed by atoms with Crippen LogP contribution in [0.1, 0.15) is 28.4 Å². The highest BCUT2D eigenvalue weighted by Crippen LogP contribution is 2.42. The van der Waals surface area contributed by atoms with E-state index in [0.717, 1.165) is 11.6 Å². The van der Waals surface area contributed by atoms with Gasteiger partial charge in [-0.05, 0) is 17.7 Å². The Kier molecular flexibility index (Phi) is 6.22. The summed E-state index contributed by atoms with van der Waals surface area (Å²) in [5.41, 5.74) is 0.750. The lowest BCUT2D eigenvalue weighted by Crippen LogP contribution is -2.60. The fraction of sp³-hybridized carbons (Fsp3) is 0.409. The molecule has 0 aliphatic carbocycles. The van der Waals surface area contributed by atoms with Crippen molar-refractivity contribution in [3.8, 4) is 23.0 Å². The van der Waals surface area contributed by atoms with Gasteiger partial charge < -0.3 is 44.5 Å². The van der Waals surface area contributed by atoms with Gasteiger partial charge in [0, 0.05) is 12.1 Å². The third kappa shape index (κ3) is 4.10. The Morgan fingerprint density at radius 2 is 1.75 bits per heavy atom. The number of aliphatic hydroxyl groups excluding tert-OH is 4. The SMILES string of the molecule is COc1ccc(C2CC(=O)c3c(O)cc(OC4OC(CO)C(O)C(O)C4O)cc3O2)cc1. The average molecular weight is 448 g/mol. The second-order valence-electron chi connectivity index (χ2n) is 7.64. The molecule has 2 aromatic rings. The number of hydrogen-bond donors (Lipinski definition) is 5. The zero-order chi connectivity index (χ0) is 23.0. The normalized spacial score (nSPS) is 29.7. The van der Waals surface area contributed by atoms with Crippen molar-refractivity contribution >= 4 is 5.78 Å². The van der Waals surface area contributed by atoms with E-state index in [2.05, 4.69) is 0 Å². The number of methoxy groups -OCH3 is 1. The highest BCUT2D eigenvalue weighted by molar-refractivity contribution is 6.02. The first-order valence-electron chi connectivity index (χ1n) is 10.0. The number of aliphatic hydroxyl groups is 4. The maximum atomic E-state index is 12.7. The smallest absolute Gasteiger partial charge is 0.229 e. The van der Waals surface area contributed by atoms with E-state index >= 15 is 0 Å². The fourth-order valence-corrected chi connectivity index (χ4v) is 3.79. The quantitative estimate of drug-likeness (QED) is 0.431. The van der Waals surface area contributed by atoms with Gasteiger partial charge >= 0.3 is 0 Å². The van der Waals surface area contributed by atoms with Crippen molar-refractivity contribution in [1.29, 1.82) is 0 Å². The lowest BCUT2D eigenvalue weighted by Gasteiger charge is -2.39. The third-order valence-electron chi connectivity index (χ3n) is 5.56. The van der Waals surface area contributed by atoms with Gasteiger partial charge in [0.15, 0.2) is 5.78 Å². The van der Waals surface area contributed by atoms with Crippen molar-refractivity contribution in [3.05, 3.63) is 47.5 Å². The van der Waals surface area contributed by atoms with Crippen LogP contribution in [0.15, 0.2) is 36.4 Å². The van der Waals surface area contributed by atoms with E-state index in [9.17, 15) is 30.3 Å². The number of phenols is 1. The molecule has 10 nitrogen and oxygen atoms in total. The van der Waals surface area contributed by atoms with E-state index in [-0.39, 0.29) is 35.0 Å². The van der Waals surface area contributed by atoms with E-state index < -0.39 is 43.4 Å². The Bertz CT molecular complexity index is 973. The Hall–Kier alpha value is -2.89. The van der Waals surface area contributed by atoms with Crippen LogP contribution in [0.25, 0.3) is 0 Å². The van der Waals surface area contributed by atoms with Crippen LogP contribution in [-0.2, 0) is 4.74 Å². The molecular formula is C22H24O10. The van der Waals surface area contributed by atoms with Crippen LogP contribution in [0.2, 0.25) is 0 Å². The average Bonchev–Trinajstić information content (AvgIpc) is 2.79. The number of Topliss-reactive ketones (excluding diaryl/α,β-unsaturated/α-hetero) is 1. The van der Waals surface area contributed by atoms with Gasteiger partial charge in [-0.1, -0.05) is 12.1 Å². The molecule has 6 atom stereocenters. The minimum Gasteiger partial charge on any atom is -0.507 e. The van der Waals surface area contributed by atoms with Crippen LogP contribution < -0.4 is 14.2 Å². The number of carbonyl (C=O) groups excluding carboxylic acids is 1. The first-order chi connectivity index (χ1) is 15.3. The topological polar surface area (TPSA) is 155 Å². The van der Waals surface area contributed by atoms with E-state index in [4.69, 9.17) is 18.9 Å². The zero-order valence-electron chi connectivity index (χ0n) is 17.1. The van der Waals surface area contributed by atoms with Crippen LogP contribution in [0.5, 0.6) is 23.0 Å². The van der Waals surface area contributed by atoms with Crippen LogP contribution in [0.4, 0.5) is 0 Å². The molecule has 32 heavy (non-hydrogen) atoms. The van der Waals surface area contributed by atoms with Gasteiger partial charge in [0.2, 0.25) is 6.29 Å². The third-order valence-corrected chi connectivity index (χ3v) is 5.56.